The number of hydrogen-bond acceptors (Lipinski definition) is 6. The summed E-state index contributed by atoms with van der Waals surface area (Å²) in [5.41, 5.74) is -0.816. The van der Waals surface area contributed by atoms with Gasteiger partial charge in [-0.2, -0.15) is 4.39 Å². The molecule has 0 aliphatic rings. The molecule has 1 aromatic rings. The fourth-order valence-corrected chi connectivity index (χ4v) is 2.43. The smallest absolute Gasteiger partial charge is 0.304 e. The van der Waals surface area contributed by atoms with E-state index < -0.39 is 37.5 Å². The van der Waals surface area contributed by atoms with E-state index in [2.05, 4.69) is 4.74 Å². The van der Waals surface area contributed by atoms with Crippen LogP contribution in [0.15, 0.2) is 23.1 Å². The lowest BCUT2D eigenvalue weighted by atomic mass is 10.3. The molecule has 0 heterocycles. The van der Waals surface area contributed by atoms with Gasteiger partial charge in [0.05, 0.1) is 22.5 Å². The predicted molar refractivity (Wildman–Crippen MR) is 66.1 cm³/mol. The highest BCUT2D eigenvalue weighted by molar-refractivity contribution is 7.89. The van der Waals surface area contributed by atoms with Crippen molar-refractivity contribution >= 4 is 15.7 Å². The van der Waals surface area contributed by atoms with Gasteiger partial charge in [-0.25, -0.2) is 13.1 Å². The fraction of sp³-hybridized carbons (Fsp3) is 0.400. The molecule has 8 nitrogen and oxygen atoms in total. The lowest BCUT2D eigenvalue weighted by Crippen LogP contribution is -2.34. The number of methoxy groups -OCH3 is 1. The van der Waals surface area contributed by atoms with Crippen molar-refractivity contribution in [3.05, 3.63) is 34.1 Å². The second-order valence-electron chi connectivity index (χ2n) is 3.83. The third-order valence-corrected chi connectivity index (χ3v) is 3.72. The molecule has 1 rings (SSSR count). The number of aliphatic hydroxyl groups is 1. The molecule has 0 aliphatic heterocycles. The minimum Gasteiger partial charge on any atom is -0.389 e. The van der Waals surface area contributed by atoms with Gasteiger partial charge >= 0.3 is 5.69 Å². The number of sulfonamides is 1. The highest BCUT2D eigenvalue weighted by Gasteiger charge is 2.21. The summed E-state index contributed by atoms with van der Waals surface area (Å²) < 4.78 is 43.6. The van der Waals surface area contributed by atoms with Crippen LogP contribution < -0.4 is 4.72 Å². The first-order valence-corrected chi connectivity index (χ1v) is 6.87. The van der Waals surface area contributed by atoms with Gasteiger partial charge < -0.3 is 9.84 Å². The molecule has 0 radical (unpaired) electrons. The van der Waals surface area contributed by atoms with E-state index in [4.69, 9.17) is 0 Å². The van der Waals surface area contributed by atoms with Crippen LogP contribution >= 0.6 is 0 Å². The Kier molecular flexibility index (Phi) is 5.51. The monoisotopic (exact) mass is 308 g/mol. The van der Waals surface area contributed by atoms with Crippen molar-refractivity contribution in [2.75, 3.05) is 20.3 Å². The molecule has 0 fully saturated rings. The molecular weight excluding hydrogens is 295 g/mol. The zero-order chi connectivity index (χ0) is 15.3. The first-order chi connectivity index (χ1) is 9.27. The summed E-state index contributed by atoms with van der Waals surface area (Å²) in [5, 5.41) is 19.7. The second-order valence-corrected chi connectivity index (χ2v) is 5.60. The number of halogens is 1. The molecule has 1 aromatic carbocycles. The summed E-state index contributed by atoms with van der Waals surface area (Å²) in [4.78, 5) is 9.00. The fourth-order valence-electron chi connectivity index (χ4n) is 1.34. The van der Waals surface area contributed by atoms with E-state index in [1.165, 1.54) is 7.11 Å². The van der Waals surface area contributed by atoms with Crippen molar-refractivity contribution in [2.24, 2.45) is 0 Å². The predicted octanol–water partition coefficient (Wildman–Crippen LogP) is 0.0195. The van der Waals surface area contributed by atoms with E-state index in [0.717, 1.165) is 12.1 Å². The third-order valence-electron chi connectivity index (χ3n) is 2.29. The topological polar surface area (TPSA) is 119 Å². The maximum Gasteiger partial charge on any atom is 0.304 e. The number of hydrogen-bond donors (Lipinski definition) is 2. The van der Waals surface area contributed by atoms with Crippen LogP contribution in [0, 0.1) is 15.9 Å². The third kappa shape index (κ3) is 4.20. The highest BCUT2D eigenvalue weighted by atomic mass is 32.2. The molecule has 112 valence electrons. The van der Waals surface area contributed by atoms with Crippen molar-refractivity contribution in [3.8, 4) is 0 Å². The number of aliphatic hydroxyl groups excluding tert-OH is 1. The van der Waals surface area contributed by atoms with Crippen molar-refractivity contribution in [2.45, 2.75) is 11.0 Å². The number of rotatable bonds is 7. The zero-order valence-corrected chi connectivity index (χ0v) is 11.3. The number of nitrogens with zero attached hydrogens (tertiary/aromatic N) is 1. The minimum absolute atomic E-state index is 0.0723. The molecule has 0 bridgehead atoms. The highest BCUT2D eigenvalue weighted by Crippen LogP contribution is 2.20. The van der Waals surface area contributed by atoms with Crippen LogP contribution in [0.5, 0.6) is 0 Å². The number of ether oxygens (including phenoxy) is 1. The van der Waals surface area contributed by atoms with Gasteiger partial charge in [0.25, 0.3) is 0 Å². The average molecular weight is 308 g/mol. The maximum absolute atomic E-state index is 13.3. The Morgan fingerprint density at radius 1 is 1.55 bits per heavy atom. The largest absolute Gasteiger partial charge is 0.389 e. The van der Waals surface area contributed by atoms with Gasteiger partial charge in [-0.1, -0.05) is 0 Å². The second kappa shape index (κ2) is 6.70. The minimum atomic E-state index is -4.07. The lowest BCUT2D eigenvalue weighted by Gasteiger charge is -2.11. The van der Waals surface area contributed by atoms with Gasteiger partial charge in [0.2, 0.25) is 15.8 Å². The van der Waals surface area contributed by atoms with Crippen LogP contribution in [0.3, 0.4) is 0 Å². The van der Waals surface area contributed by atoms with Gasteiger partial charge in [-0.3, -0.25) is 10.1 Å². The average Bonchev–Trinajstić information content (AvgIpc) is 2.36. The summed E-state index contributed by atoms with van der Waals surface area (Å²) in [6.07, 6.45) is -1.06. The Bertz CT molecular complexity index is 591. The normalized spacial score (nSPS) is 13.2. The first kappa shape index (κ1) is 16.4. The SMILES string of the molecule is COCC(O)CNS(=O)(=O)c1ccc([N+](=O)[O-])c(F)c1. The molecule has 0 aliphatic carbocycles. The van der Waals surface area contributed by atoms with E-state index in [-0.39, 0.29) is 13.2 Å². The molecule has 0 aromatic heterocycles. The Morgan fingerprint density at radius 2 is 2.20 bits per heavy atom. The van der Waals surface area contributed by atoms with Crippen LogP contribution in [0.1, 0.15) is 0 Å². The molecule has 2 N–H and O–H groups in total. The van der Waals surface area contributed by atoms with Gasteiger partial charge in [-0.05, 0) is 6.07 Å². The van der Waals surface area contributed by atoms with E-state index in [9.17, 15) is 28.0 Å². The quantitative estimate of drug-likeness (QED) is 0.541. The van der Waals surface area contributed by atoms with E-state index >= 15 is 0 Å². The first-order valence-electron chi connectivity index (χ1n) is 5.38. The number of nitro benzene ring substituents is 1. The van der Waals surface area contributed by atoms with Crippen molar-refractivity contribution < 1.29 is 27.6 Å². The van der Waals surface area contributed by atoms with Crippen molar-refractivity contribution in [1.29, 1.82) is 0 Å². The van der Waals surface area contributed by atoms with Crippen LogP contribution in [-0.2, 0) is 14.8 Å². The van der Waals surface area contributed by atoms with E-state index in [0.29, 0.717) is 6.07 Å². The molecule has 0 spiro atoms. The van der Waals surface area contributed by atoms with Crippen LogP contribution in [0.4, 0.5) is 10.1 Å². The molecule has 0 amide bonds. The Balaban J connectivity index is 2.88. The summed E-state index contributed by atoms with van der Waals surface area (Å²) in [5.74, 6) is -1.25. The van der Waals surface area contributed by atoms with Crippen molar-refractivity contribution in [3.63, 3.8) is 0 Å². The molecule has 1 atom stereocenters. The number of nitrogens with one attached hydrogen (secondary N) is 1. The molecular formula is C10H13FN2O6S. The van der Waals surface area contributed by atoms with Gasteiger partial charge in [0, 0.05) is 25.8 Å². The van der Waals surface area contributed by atoms with E-state index in [1.807, 2.05) is 4.72 Å². The molecule has 0 saturated heterocycles. The maximum atomic E-state index is 13.3. The molecule has 10 heteroatoms. The Hall–Kier alpha value is -1.62. The van der Waals surface area contributed by atoms with E-state index in [1.54, 1.807) is 0 Å². The van der Waals surface area contributed by atoms with Gasteiger partial charge in [0.1, 0.15) is 0 Å². The number of nitro groups is 1. The number of benzene rings is 1. The molecule has 1 unspecified atom stereocenters. The summed E-state index contributed by atoms with van der Waals surface area (Å²) in [6.45, 7) is -0.397. The molecule has 20 heavy (non-hydrogen) atoms. The summed E-state index contributed by atoms with van der Waals surface area (Å²) in [7, 11) is -2.73. The lowest BCUT2D eigenvalue weighted by molar-refractivity contribution is -0.387. The Morgan fingerprint density at radius 3 is 2.70 bits per heavy atom. The van der Waals surface area contributed by atoms with Crippen LogP contribution in [0.25, 0.3) is 0 Å². The van der Waals surface area contributed by atoms with Gasteiger partial charge in [0.15, 0.2) is 0 Å². The van der Waals surface area contributed by atoms with Crippen LogP contribution in [0.2, 0.25) is 0 Å². The summed E-state index contributed by atoms with van der Waals surface area (Å²) in [6, 6.07) is 2.21. The molecule has 0 saturated carbocycles. The summed E-state index contributed by atoms with van der Waals surface area (Å²) >= 11 is 0. The zero-order valence-electron chi connectivity index (χ0n) is 10.4. The standard InChI is InChI=1S/C10H13FN2O6S/c1-19-6-7(14)5-12-20(17,18)8-2-3-10(13(15)16)9(11)4-8/h2-4,7,12,14H,5-6H2,1H3. The van der Waals surface area contributed by atoms with Gasteiger partial charge in [-0.15, -0.1) is 0 Å². The van der Waals surface area contributed by atoms with Crippen molar-refractivity contribution in [1.82, 2.24) is 4.72 Å². The Labute approximate surface area is 114 Å². The van der Waals surface area contributed by atoms with Crippen LogP contribution in [-0.4, -0.2) is 44.8 Å².